The summed E-state index contributed by atoms with van der Waals surface area (Å²) in [4.78, 5) is 7.30. The highest BCUT2D eigenvalue weighted by Crippen LogP contribution is 2.10. The van der Waals surface area contributed by atoms with Crippen LogP contribution in [0.4, 0.5) is 5.95 Å². The monoisotopic (exact) mass is 274 g/mol. The van der Waals surface area contributed by atoms with Gasteiger partial charge in [-0.05, 0) is 5.92 Å². The summed E-state index contributed by atoms with van der Waals surface area (Å²) >= 11 is 0. The Morgan fingerprint density at radius 1 is 1.39 bits per heavy atom. The van der Waals surface area contributed by atoms with Crippen molar-refractivity contribution in [3.05, 3.63) is 12.4 Å². The van der Waals surface area contributed by atoms with Gasteiger partial charge < -0.3 is 10.5 Å². The Morgan fingerprint density at radius 2 is 1.94 bits per heavy atom. The number of rotatable bonds is 6. The zero-order chi connectivity index (χ0) is 13.8. The largest absolute Gasteiger partial charge is 0.383 e. The number of ether oxygens (including phenoxy) is 1. The molecule has 7 nitrogen and oxygen atoms in total. The van der Waals surface area contributed by atoms with Crippen LogP contribution < -0.4 is 10.5 Å². The zero-order valence-electron chi connectivity index (χ0n) is 10.6. The summed E-state index contributed by atoms with van der Waals surface area (Å²) in [6, 6.07) is -0.308. The van der Waals surface area contributed by atoms with Crippen molar-refractivity contribution in [3.63, 3.8) is 0 Å². The molecule has 1 aromatic heterocycles. The third-order valence-electron chi connectivity index (χ3n) is 2.42. The Labute approximate surface area is 107 Å². The number of nitrogens with zero attached hydrogens (tertiary/aromatic N) is 2. The molecule has 1 rings (SSSR count). The number of nitrogens with two attached hydrogens (primary N) is 1. The Hall–Kier alpha value is -1.25. The second-order valence-corrected chi connectivity index (χ2v) is 5.92. The first-order valence-corrected chi connectivity index (χ1v) is 6.94. The zero-order valence-corrected chi connectivity index (χ0v) is 11.4. The predicted octanol–water partition coefficient (Wildman–Crippen LogP) is 0.00810. The van der Waals surface area contributed by atoms with Crippen molar-refractivity contribution in [2.24, 2.45) is 5.92 Å². The van der Waals surface area contributed by atoms with Crippen molar-refractivity contribution in [1.82, 2.24) is 14.7 Å². The average molecular weight is 274 g/mol. The van der Waals surface area contributed by atoms with Crippen LogP contribution in [0, 0.1) is 5.92 Å². The summed E-state index contributed by atoms with van der Waals surface area (Å²) in [6.45, 7) is 4.12. The fourth-order valence-electron chi connectivity index (χ4n) is 1.27. The molecule has 102 valence electrons. The number of nitrogen functional groups attached to an aromatic ring is 1. The van der Waals surface area contributed by atoms with E-state index in [0.717, 1.165) is 0 Å². The van der Waals surface area contributed by atoms with Gasteiger partial charge in [0.25, 0.3) is 0 Å². The van der Waals surface area contributed by atoms with E-state index in [1.165, 1.54) is 19.5 Å². The molecular weight excluding hydrogens is 256 g/mol. The first-order valence-electron chi connectivity index (χ1n) is 5.45. The second-order valence-electron chi connectivity index (χ2n) is 4.20. The minimum Gasteiger partial charge on any atom is -0.383 e. The van der Waals surface area contributed by atoms with E-state index in [9.17, 15) is 8.42 Å². The minimum atomic E-state index is -3.65. The fourth-order valence-corrected chi connectivity index (χ4v) is 2.53. The number of nitrogens with one attached hydrogen (secondary N) is 1. The van der Waals surface area contributed by atoms with Gasteiger partial charge in [-0.1, -0.05) is 13.8 Å². The van der Waals surface area contributed by atoms with Crippen molar-refractivity contribution in [3.8, 4) is 0 Å². The Kier molecular flexibility index (Phi) is 5.00. The Morgan fingerprint density at radius 3 is 2.39 bits per heavy atom. The molecule has 0 saturated heterocycles. The van der Waals surface area contributed by atoms with Crippen LogP contribution in [0.3, 0.4) is 0 Å². The fraction of sp³-hybridized carbons (Fsp3) is 0.600. The molecule has 1 heterocycles. The molecule has 1 atom stereocenters. The van der Waals surface area contributed by atoms with Gasteiger partial charge in [0.05, 0.1) is 19.0 Å². The van der Waals surface area contributed by atoms with E-state index in [1.807, 2.05) is 13.8 Å². The molecule has 8 heteroatoms. The molecule has 0 aliphatic rings. The molecular formula is C10H18N4O3S. The van der Waals surface area contributed by atoms with Crippen LogP contribution in [-0.4, -0.2) is 38.1 Å². The molecule has 0 fully saturated rings. The summed E-state index contributed by atoms with van der Waals surface area (Å²) in [7, 11) is -2.13. The van der Waals surface area contributed by atoms with Gasteiger partial charge in [0.15, 0.2) is 0 Å². The average Bonchev–Trinajstić information content (AvgIpc) is 2.28. The molecule has 0 amide bonds. The van der Waals surface area contributed by atoms with Crippen molar-refractivity contribution in [2.75, 3.05) is 19.5 Å². The lowest BCUT2D eigenvalue weighted by Gasteiger charge is -2.21. The first kappa shape index (κ1) is 14.8. The molecule has 0 bridgehead atoms. The summed E-state index contributed by atoms with van der Waals surface area (Å²) in [5.74, 6) is 0.140. The highest BCUT2D eigenvalue weighted by atomic mass is 32.2. The van der Waals surface area contributed by atoms with E-state index >= 15 is 0 Å². The maximum Gasteiger partial charge on any atom is 0.243 e. The van der Waals surface area contributed by atoms with E-state index in [4.69, 9.17) is 10.5 Å². The van der Waals surface area contributed by atoms with Gasteiger partial charge in [0.1, 0.15) is 4.90 Å². The number of hydrogen-bond donors (Lipinski definition) is 2. The maximum atomic E-state index is 12.0. The molecule has 18 heavy (non-hydrogen) atoms. The first-order chi connectivity index (χ1) is 8.36. The van der Waals surface area contributed by atoms with Crippen LogP contribution in [0.5, 0.6) is 0 Å². The summed E-state index contributed by atoms with van der Waals surface area (Å²) in [6.07, 6.45) is 2.35. The van der Waals surface area contributed by atoms with Gasteiger partial charge in [-0.15, -0.1) is 0 Å². The lowest BCUT2D eigenvalue weighted by molar-refractivity contribution is 0.157. The van der Waals surface area contributed by atoms with Gasteiger partial charge in [-0.25, -0.2) is 23.1 Å². The van der Waals surface area contributed by atoms with E-state index in [-0.39, 0.29) is 22.8 Å². The predicted molar refractivity (Wildman–Crippen MR) is 67.3 cm³/mol. The maximum absolute atomic E-state index is 12.0. The highest BCUT2D eigenvalue weighted by molar-refractivity contribution is 7.89. The Balaban J connectivity index is 2.89. The highest BCUT2D eigenvalue weighted by Gasteiger charge is 2.22. The van der Waals surface area contributed by atoms with Crippen molar-refractivity contribution in [2.45, 2.75) is 24.8 Å². The molecule has 0 aromatic carbocycles. The van der Waals surface area contributed by atoms with E-state index in [2.05, 4.69) is 14.7 Å². The smallest absolute Gasteiger partial charge is 0.243 e. The summed E-state index contributed by atoms with van der Waals surface area (Å²) in [5, 5.41) is 0. The standard InChI is InChI=1S/C10H18N4O3S/c1-7(2)9(6-17-3)14-18(15,16)8-4-12-10(11)13-5-8/h4-5,7,9,14H,6H2,1-3H3,(H2,11,12,13). The normalized spacial score (nSPS) is 13.8. The summed E-state index contributed by atoms with van der Waals surface area (Å²) < 4.78 is 31.6. The number of methoxy groups -OCH3 is 1. The SMILES string of the molecule is COCC(NS(=O)(=O)c1cnc(N)nc1)C(C)C. The van der Waals surface area contributed by atoms with Gasteiger partial charge >= 0.3 is 0 Å². The van der Waals surface area contributed by atoms with Crippen LogP contribution in [0.1, 0.15) is 13.8 Å². The van der Waals surface area contributed by atoms with E-state index in [1.54, 1.807) is 0 Å². The topological polar surface area (TPSA) is 107 Å². The molecule has 3 N–H and O–H groups in total. The van der Waals surface area contributed by atoms with Crippen molar-refractivity contribution in [1.29, 1.82) is 0 Å². The third-order valence-corrected chi connectivity index (χ3v) is 3.86. The Bertz CT molecular complexity index is 472. The number of aromatic nitrogens is 2. The lowest BCUT2D eigenvalue weighted by Crippen LogP contribution is -2.41. The number of anilines is 1. The van der Waals surface area contributed by atoms with Crippen molar-refractivity contribution < 1.29 is 13.2 Å². The van der Waals surface area contributed by atoms with E-state index < -0.39 is 10.0 Å². The van der Waals surface area contributed by atoms with Crippen LogP contribution in [0.2, 0.25) is 0 Å². The lowest BCUT2D eigenvalue weighted by atomic mass is 10.1. The summed E-state index contributed by atoms with van der Waals surface area (Å²) in [5.41, 5.74) is 5.31. The van der Waals surface area contributed by atoms with Crippen LogP contribution in [0.25, 0.3) is 0 Å². The van der Waals surface area contributed by atoms with Crippen LogP contribution in [-0.2, 0) is 14.8 Å². The third kappa shape index (κ3) is 3.90. The minimum absolute atomic E-state index is 0.0153. The molecule has 0 radical (unpaired) electrons. The number of sulfonamides is 1. The van der Waals surface area contributed by atoms with Gasteiger partial charge in [-0.2, -0.15) is 0 Å². The molecule has 0 aliphatic heterocycles. The number of hydrogen-bond acceptors (Lipinski definition) is 6. The van der Waals surface area contributed by atoms with Crippen molar-refractivity contribution >= 4 is 16.0 Å². The van der Waals surface area contributed by atoms with Gasteiger partial charge in [0.2, 0.25) is 16.0 Å². The molecule has 1 unspecified atom stereocenters. The molecule has 0 saturated carbocycles. The molecule has 0 spiro atoms. The quantitative estimate of drug-likeness (QED) is 0.756. The van der Waals surface area contributed by atoms with E-state index in [0.29, 0.717) is 6.61 Å². The molecule has 1 aromatic rings. The van der Waals surface area contributed by atoms with Gasteiger partial charge in [0, 0.05) is 13.2 Å². The van der Waals surface area contributed by atoms with Crippen LogP contribution >= 0.6 is 0 Å². The molecule has 0 aliphatic carbocycles. The van der Waals surface area contributed by atoms with Crippen LogP contribution in [0.15, 0.2) is 17.3 Å². The second kappa shape index (κ2) is 6.07. The van der Waals surface area contributed by atoms with Gasteiger partial charge in [-0.3, -0.25) is 0 Å².